The molecule has 0 bridgehead atoms. The van der Waals surface area contributed by atoms with E-state index in [-0.39, 0.29) is 38.6 Å². The number of anilines is 2. The van der Waals surface area contributed by atoms with E-state index in [0.29, 0.717) is 0 Å². The van der Waals surface area contributed by atoms with Crippen molar-refractivity contribution < 1.29 is 30.4 Å². The Hall–Kier alpha value is -2.68. The Morgan fingerprint density at radius 2 is 2.33 bits per heavy atom. The van der Waals surface area contributed by atoms with Gasteiger partial charge >= 0.3 is 0 Å². The first-order valence-corrected chi connectivity index (χ1v) is 10.1. The van der Waals surface area contributed by atoms with E-state index in [0.717, 1.165) is 31.4 Å². The third kappa shape index (κ3) is 3.96. The summed E-state index contributed by atoms with van der Waals surface area (Å²) in [4.78, 5) is 5.69. The van der Waals surface area contributed by atoms with Crippen LogP contribution in [0.2, 0.25) is 1.41 Å². The van der Waals surface area contributed by atoms with Crippen molar-refractivity contribution in [1.29, 1.82) is 1.43 Å². The van der Waals surface area contributed by atoms with E-state index in [9.17, 15) is 1.37 Å². The van der Waals surface area contributed by atoms with Crippen molar-refractivity contribution in [3.8, 4) is 5.75 Å². The molecular weight excluding hydrogens is 416 g/mol. The van der Waals surface area contributed by atoms with Gasteiger partial charge in [-0.3, -0.25) is 4.90 Å². The number of hydrogen-bond acceptors (Lipinski definition) is 7. The molecule has 1 aliphatic rings. The lowest BCUT2D eigenvalue weighted by atomic mass is 9.78. The molecule has 0 amide bonds. The fourth-order valence-corrected chi connectivity index (χ4v) is 3.66. The van der Waals surface area contributed by atoms with E-state index >= 15 is 0 Å². The molecule has 0 spiro atoms. The van der Waals surface area contributed by atoms with E-state index in [1.165, 1.54) is 25.8 Å². The number of likely N-dealkylation sites (tertiary alicyclic amines) is 1. The maximum atomic E-state index is 9.70. The maximum absolute atomic E-state index is 9.70. The van der Waals surface area contributed by atoms with Gasteiger partial charge in [-0.25, -0.2) is 9.50 Å². The highest BCUT2D eigenvalue weighted by molar-refractivity contribution is 5.80. The second-order valence-electron chi connectivity index (χ2n) is 8.06. The number of β-amino-alcohol motifs (C(OH)–C–C–N with tert-alkyl or cyclic N) is 1. The molecule has 1 saturated heterocycles. The minimum Gasteiger partial charge on any atom is -0.497 e. The Bertz CT molecular complexity index is 1810. The summed E-state index contributed by atoms with van der Waals surface area (Å²) in [7, 11) is -1.60. The van der Waals surface area contributed by atoms with E-state index in [2.05, 4.69) is 15.2 Å². The lowest BCUT2D eigenvalue weighted by Gasteiger charge is -2.47. The molecule has 1 fully saturated rings. The summed E-state index contributed by atoms with van der Waals surface area (Å²) < 4.78 is 142. The molecule has 3 heterocycles. The molecule has 8 heteroatoms. The molecule has 0 aliphatic carbocycles. The van der Waals surface area contributed by atoms with Crippen molar-refractivity contribution in [2.45, 2.75) is 52.3 Å². The lowest BCUT2D eigenvalue weighted by Crippen LogP contribution is -2.64. The van der Waals surface area contributed by atoms with E-state index in [1.54, 1.807) is 0 Å². The van der Waals surface area contributed by atoms with Crippen LogP contribution in [0.3, 0.4) is 0 Å². The van der Waals surface area contributed by atoms with E-state index in [1.807, 2.05) is 5.73 Å². The Kier molecular flexibility index (Phi) is 2.79. The van der Waals surface area contributed by atoms with Gasteiger partial charge in [-0.05, 0) is 50.8 Å². The number of fused-ring (bicyclic) bond motifs is 1. The Labute approximate surface area is 218 Å². The molecule has 1 aliphatic heterocycles. The van der Waals surface area contributed by atoms with Crippen molar-refractivity contribution in [2.75, 3.05) is 32.0 Å². The van der Waals surface area contributed by atoms with Gasteiger partial charge in [-0.1, -0.05) is 13.0 Å². The molecule has 0 saturated carbocycles. The lowest BCUT2D eigenvalue weighted by molar-refractivity contribution is -0.0335. The second kappa shape index (κ2) is 8.59. The van der Waals surface area contributed by atoms with Crippen LogP contribution in [0.25, 0.3) is 5.52 Å². The molecule has 4 atom stereocenters. The van der Waals surface area contributed by atoms with Crippen LogP contribution in [0.4, 0.5) is 11.5 Å². The van der Waals surface area contributed by atoms with Gasteiger partial charge in [-0.15, -0.1) is 0 Å². The van der Waals surface area contributed by atoms with Crippen molar-refractivity contribution in [3.05, 3.63) is 47.3 Å². The van der Waals surface area contributed by atoms with E-state index in [4.69, 9.17) is 25.4 Å². The fraction of sp³-hybridized carbons (Fsp3) is 0.520. The molecule has 2 aromatic heterocycles. The molecule has 0 radical (unpaired) electrons. The van der Waals surface area contributed by atoms with Crippen LogP contribution in [0, 0.1) is 19.7 Å². The predicted molar refractivity (Wildman–Crippen MR) is 131 cm³/mol. The average molecular weight is 469 g/mol. The fourth-order valence-electron chi connectivity index (χ4n) is 3.66. The van der Waals surface area contributed by atoms with Gasteiger partial charge in [0.1, 0.15) is 20.4 Å². The number of aromatic nitrogens is 3. The van der Waals surface area contributed by atoms with Crippen LogP contribution >= 0.6 is 0 Å². The molecule has 4 rings (SSSR count). The smallest absolute Gasteiger partial charge is 0.211 e. The summed E-state index contributed by atoms with van der Waals surface area (Å²) in [6.45, 7) is -0.841. The van der Waals surface area contributed by atoms with Gasteiger partial charge in [-0.2, -0.15) is 5.10 Å². The predicted octanol–water partition coefficient (Wildman–Crippen LogP) is 3.21. The molecule has 8 nitrogen and oxygen atoms in total. The Morgan fingerprint density at radius 3 is 3.06 bits per heavy atom. The van der Waals surface area contributed by atoms with Crippen LogP contribution in [-0.4, -0.2) is 64.7 Å². The molecule has 1 aromatic carbocycles. The first kappa shape index (κ1) is 10.7. The third-order valence-corrected chi connectivity index (χ3v) is 5.82. The van der Waals surface area contributed by atoms with Gasteiger partial charge in [0.05, 0.1) is 24.1 Å². The number of nitrogens with two attached hydrogens (primary N) is 1. The minimum atomic E-state index is -3.45. The van der Waals surface area contributed by atoms with Crippen LogP contribution in [0.15, 0.2) is 30.6 Å². The number of benzene rings is 1. The first-order chi connectivity index (χ1) is 22.0. The highest BCUT2D eigenvalue weighted by atomic mass is 16.5. The standard InChI is InChI=1S/C25H36N6O2/c1-15-8-9-19(33-7)10-20(15)29(6)24-23-22(16(2)11-31(23)28-14-27-24)18(4)30-12-17(3)25(5,26)21(32)13-30/h8-11,14,17-18,21,32H,12-13,26H2,1-7H3/t17?,18?,21-,25-/m1/s1/i7D3,8D,9D,11D,12D2,13D2,14D,17D,18D,21D,32D/hD. The zero-order valence-corrected chi connectivity index (χ0v) is 19.1. The molecule has 2 unspecified atom stereocenters. The van der Waals surface area contributed by atoms with Crippen molar-refractivity contribution in [2.24, 2.45) is 11.6 Å². The zero-order chi connectivity index (χ0) is 37.8. The van der Waals surface area contributed by atoms with Crippen molar-refractivity contribution in [1.82, 2.24) is 19.5 Å². The van der Waals surface area contributed by atoms with Gasteiger partial charge in [0.2, 0.25) is 1.43 Å². The quantitative estimate of drug-likeness (QED) is 0.550. The van der Waals surface area contributed by atoms with Crippen LogP contribution in [-0.2, 0) is 0 Å². The number of aliphatic hydroxyl groups is 1. The SMILES string of the molecule is [2H]N[C@]1(C)C([2H])(C)C([2H])([2H])N(C([2H])(C)c2c(C)c([2H])n3nc([2H])nc(N(C)c4cc(OC([2H])([2H])[2H])c([2H])c([2H])c4C)c23)C([2H])([2H])[C@@]1([2H])O[2H]. The number of piperidine rings is 1. The van der Waals surface area contributed by atoms with Crippen LogP contribution in [0.5, 0.6) is 5.75 Å². The average Bonchev–Trinajstić information content (AvgIpc) is 3.23. The topological polar surface area (TPSA) is 92.2 Å². The molecule has 178 valence electrons. The molecule has 3 aromatic rings. The summed E-state index contributed by atoms with van der Waals surface area (Å²) in [5.41, 5.74) is -1.06. The summed E-state index contributed by atoms with van der Waals surface area (Å²) >= 11 is 0. The number of ether oxygens (including phenoxy) is 1. The van der Waals surface area contributed by atoms with Crippen molar-refractivity contribution in [3.63, 3.8) is 0 Å². The largest absolute Gasteiger partial charge is 0.497 e. The minimum absolute atomic E-state index is 0.0516. The van der Waals surface area contributed by atoms with Gasteiger partial charge in [0, 0.05) is 61.9 Å². The molecular formula is C25H36N6O2. The summed E-state index contributed by atoms with van der Waals surface area (Å²) in [5.74, 6) is -3.40. The number of methoxy groups -OCH3 is 1. The van der Waals surface area contributed by atoms with Crippen LogP contribution < -0.4 is 15.4 Å². The normalized spacial score (nSPS) is 40.5. The third-order valence-electron chi connectivity index (χ3n) is 5.82. The number of hydrogen-bond donors (Lipinski definition) is 2. The number of nitrogens with zero attached hydrogens (tertiary/aromatic N) is 5. The first-order valence-electron chi connectivity index (χ1n) is 18.0. The highest BCUT2D eigenvalue weighted by Crippen LogP contribution is 2.39. The van der Waals surface area contributed by atoms with Gasteiger partial charge in [0.25, 0.3) is 0 Å². The van der Waals surface area contributed by atoms with Gasteiger partial charge < -0.3 is 20.5 Å². The monoisotopic (exact) mass is 468 g/mol. The summed E-state index contributed by atoms with van der Waals surface area (Å²) in [6.07, 6.45) is -4.27. The number of rotatable bonds is 7. The van der Waals surface area contributed by atoms with Gasteiger partial charge in [0.15, 0.2) is 5.82 Å². The summed E-state index contributed by atoms with van der Waals surface area (Å²) in [6, 6.07) is -2.47. The summed E-state index contributed by atoms with van der Waals surface area (Å²) in [5, 5.41) is 8.59. The molecule has 3 N–H and O–H groups in total. The Balaban J connectivity index is 2.12. The second-order valence-corrected chi connectivity index (χ2v) is 8.06. The highest BCUT2D eigenvalue weighted by Gasteiger charge is 2.42. The molecule has 33 heavy (non-hydrogen) atoms. The Morgan fingerprint density at radius 1 is 1.52 bits per heavy atom. The van der Waals surface area contributed by atoms with E-state index < -0.39 is 73.9 Å². The maximum Gasteiger partial charge on any atom is 0.211 e. The van der Waals surface area contributed by atoms with Crippen molar-refractivity contribution >= 4 is 17.0 Å². The zero-order valence-electron chi connectivity index (χ0n) is 35.1. The van der Waals surface area contributed by atoms with Crippen LogP contribution in [0.1, 0.15) is 62.7 Å².